The third-order valence-electron chi connectivity index (χ3n) is 4.41. The van der Waals surface area contributed by atoms with Crippen molar-refractivity contribution in [3.63, 3.8) is 0 Å². The summed E-state index contributed by atoms with van der Waals surface area (Å²) in [4.78, 5) is 13.2. The molecule has 0 atom stereocenters. The number of benzene rings is 2. The van der Waals surface area contributed by atoms with Crippen molar-refractivity contribution in [2.24, 2.45) is 7.05 Å². The summed E-state index contributed by atoms with van der Waals surface area (Å²) in [5.41, 5.74) is 1.83. The second-order valence-electron chi connectivity index (χ2n) is 6.31. The van der Waals surface area contributed by atoms with E-state index in [0.29, 0.717) is 11.4 Å². The van der Waals surface area contributed by atoms with Gasteiger partial charge in [-0.05, 0) is 36.8 Å². The maximum absolute atomic E-state index is 13.2. The topological polar surface area (TPSA) is 64.3 Å². The maximum atomic E-state index is 13.2. The van der Waals surface area contributed by atoms with Crippen molar-refractivity contribution in [3.05, 3.63) is 80.7 Å². The highest BCUT2D eigenvalue weighted by Gasteiger charge is 2.27. The Morgan fingerprint density at radius 1 is 1.04 bits per heavy atom. The molecule has 0 aliphatic carbocycles. The van der Waals surface area contributed by atoms with Gasteiger partial charge in [-0.15, -0.1) is 0 Å². The number of hydrogen-bond donors (Lipinski definition) is 0. The molecule has 0 saturated carbocycles. The number of nitrogens with zero attached hydrogens (tertiary/aromatic N) is 3. The second kappa shape index (κ2) is 7.36. The summed E-state index contributed by atoms with van der Waals surface area (Å²) in [6, 6.07) is 16.5. The van der Waals surface area contributed by atoms with Crippen LogP contribution in [0.2, 0.25) is 0 Å². The van der Waals surface area contributed by atoms with Crippen molar-refractivity contribution >= 4 is 31.6 Å². The van der Waals surface area contributed by atoms with Gasteiger partial charge in [-0.25, -0.2) is 13.1 Å². The third-order valence-corrected chi connectivity index (χ3v) is 6.05. The van der Waals surface area contributed by atoms with E-state index in [4.69, 9.17) is 0 Å². The highest BCUT2D eigenvalue weighted by molar-refractivity contribution is 9.10. The van der Waals surface area contributed by atoms with Crippen LogP contribution in [-0.4, -0.2) is 24.0 Å². The Bertz CT molecular complexity index is 1120. The van der Waals surface area contributed by atoms with Gasteiger partial charge >= 0.3 is 0 Å². The highest BCUT2D eigenvalue weighted by atomic mass is 79.9. The first kappa shape index (κ1) is 19.4. The fourth-order valence-corrected chi connectivity index (χ4v) is 4.15. The van der Waals surface area contributed by atoms with E-state index in [0.717, 1.165) is 16.3 Å². The van der Waals surface area contributed by atoms with Gasteiger partial charge in [0.1, 0.15) is 5.69 Å². The van der Waals surface area contributed by atoms with E-state index in [1.54, 1.807) is 18.7 Å². The number of anilines is 1. The summed E-state index contributed by atoms with van der Waals surface area (Å²) in [6.45, 7) is 1.83. The molecule has 8 heteroatoms. The van der Waals surface area contributed by atoms with Crippen molar-refractivity contribution < 1.29 is 8.42 Å². The summed E-state index contributed by atoms with van der Waals surface area (Å²) in [5.74, 6) is 0. The quantitative estimate of drug-likeness (QED) is 0.600. The molecule has 0 aliphatic heterocycles. The average Bonchev–Trinajstić information content (AvgIpc) is 2.84. The predicted octanol–water partition coefficient (Wildman–Crippen LogP) is 3.21. The van der Waals surface area contributed by atoms with Crippen molar-refractivity contribution in [2.75, 3.05) is 10.6 Å². The van der Waals surface area contributed by atoms with Crippen molar-refractivity contribution in [3.8, 4) is 5.69 Å². The average molecular weight is 450 g/mol. The molecule has 0 unspecified atom stereocenters. The van der Waals surface area contributed by atoms with Crippen molar-refractivity contribution in [1.82, 2.24) is 9.36 Å². The van der Waals surface area contributed by atoms with E-state index in [2.05, 4.69) is 15.9 Å². The van der Waals surface area contributed by atoms with Crippen molar-refractivity contribution in [1.29, 1.82) is 0 Å². The minimum Gasteiger partial charge on any atom is -0.283 e. The molecule has 0 aliphatic rings. The molecule has 0 bridgehead atoms. The molecule has 142 valence electrons. The van der Waals surface area contributed by atoms with Gasteiger partial charge in [-0.1, -0.05) is 46.3 Å². The number of para-hydroxylation sites is 1. The van der Waals surface area contributed by atoms with E-state index < -0.39 is 10.0 Å². The first-order chi connectivity index (χ1) is 12.7. The first-order valence-corrected chi connectivity index (χ1v) is 10.9. The van der Waals surface area contributed by atoms with Gasteiger partial charge < -0.3 is 0 Å². The molecule has 0 spiro atoms. The fraction of sp³-hybridized carbons (Fsp3) is 0.211. The highest BCUT2D eigenvalue weighted by Crippen LogP contribution is 2.23. The Kier molecular flexibility index (Phi) is 5.30. The second-order valence-corrected chi connectivity index (χ2v) is 9.13. The molecule has 3 rings (SSSR count). The van der Waals surface area contributed by atoms with Gasteiger partial charge in [0, 0.05) is 11.5 Å². The minimum atomic E-state index is -3.66. The molecule has 0 amide bonds. The van der Waals surface area contributed by atoms with E-state index in [9.17, 15) is 13.2 Å². The number of aromatic nitrogens is 2. The Balaban J connectivity index is 2.16. The van der Waals surface area contributed by atoms with Gasteiger partial charge in [0.15, 0.2) is 0 Å². The monoisotopic (exact) mass is 449 g/mol. The standard InChI is InChI=1S/C19H20BrN3O3S/c1-14-18(19(24)23(21(14)2)17-7-5-4-6-8-17)22(27(3,25)26)13-15-9-11-16(20)12-10-15/h4-12H,13H2,1-3H3. The van der Waals surface area contributed by atoms with E-state index in [-0.39, 0.29) is 17.8 Å². The zero-order valence-electron chi connectivity index (χ0n) is 15.3. The Labute approximate surface area is 166 Å². The molecule has 2 aromatic carbocycles. The van der Waals surface area contributed by atoms with Crippen LogP contribution in [0.15, 0.2) is 63.9 Å². The summed E-state index contributed by atoms with van der Waals surface area (Å²) < 4.78 is 30.3. The molecular weight excluding hydrogens is 430 g/mol. The smallest absolute Gasteiger partial charge is 0.283 e. The Morgan fingerprint density at radius 3 is 2.19 bits per heavy atom. The van der Waals surface area contributed by atoms with Crippen LogP contribution < -0.4 is 9.86 Å². The summed E-state index contributed by atoms with van der Waals surface area (Å²) in [7, 11) is -1.92. The van der Waals surface area contributed by atoms with Crippen LogP contribution in [0.25, 0.3) is 5.69 Å². The zero-order valence-corrected chi connectivity index (χ0v) is 17.7. The van der Waals surface area contributed by atoms with Crippen LogP contribution in [0.3, 0.4) is 0 Å². The van der Waals surface area contributed by atoms with Gasteiger partial charge in [0.25, 0.3) is 5.56 Å². The number of halogens is 1. The Hall–Kier alpha value is -2.32. The lowest BCUT2D eigenvalue weighted by Gasteiger charge is -2.21. The first-order valence-electron chi connectivity index (χ1n) is 8.26. The van der Waals surface area contributed by atoms with E-state index in [1.807, 2.05) is 54.6 Å². The molecule has 1 aromatic heterocycles. The van der Waals surface area contributed by atoms with Gasteiger partial charge in [-0.2, -0.15) is 0 Å². The summed E-state index contributed by atoms with van der Waals surface area (Å²) >= 11 is 3.37. The number of hydrogen-bond acceptors (Lipinski definition) is 3. The number of sulfonamides is 1. The molecule has 1 heterocycles. The van der Waals surface area contributed by atoms with E-state index >= 15 is 0 Å². The van der Waals surface area contributed by atoms with Crippen LogP contribution in [0.1, 0.15) is 11.3 Å². The van der Waals surface area contributed by atoms with Crippen LogP contribution in [0.5, 0.6) is 0 Å². The zero-order chi connectivity index (χ0) is 19.8. The molecule has 6 nitrogen and oxygen atoms in total. The molecule has 0 saturated heterocycles. The molecule has 27 heavy (non-hydrogen) atoms. The maximum Gasteiger partial charge on any atom is 0.296 e. The minimum absolute atomic E-state index is 0.0843. The molecule has 0 N–H and O–H groups in total. The number of rotatable bonds is 5. The van der Waals surface area contributed by atoms with Gasteiger partial charge in [0.2, 0.25) is 10.0 Å². The molecular formula is C19H20BrN3O3S. The largest absolute Gasteiger partial charge is 0.296 e. The normalized spacial score (nSPS) is 11.6. The fourth-order valence-electron chi connectivity index (χ4n) is 2.96. The SMILES string of the molecule is Cc1c(N(Cc2ccc(Br)cc2)S(C)(=O)=O)c(=O)n(-c2ccccc2)n1C. The third kappa shape index (κ3) is 3.86. The van der Waals surface area contributed by atoms with Crippen LogP contribution in [-0.2, 0) is 23.6 Å². The molecule has 3 aromatic rings. The lowest BCUT2D eigenvalue weighted by Crippen LogP contribution is -2.34. The van der Waals surface area contributed by atoms with Gasteiger partial charge in [-0.3, -0.25) is 13.8 Å². The van der Waals surface area contributed by atoms with Crippen LogP contribution >= 0.6 is 15.9 Å². The predicted molar refractivity (Wildman–Crippen MR) is 111 cm³/mol. The summed E-state index contributed by atoms with van der Waals surface area (Å²) in [6.07, 6.45) is 1.12. The van der Waals surface area contributed by atoms with Crippen LogP contribution in [0, 0.1) is 6.92 Å². The Morgan fingerprint density at radius 2 is 1.63 bits per heavy atom. The van der Waals surface area contributed by atoms with E-state index in [1.165, 1.54) is 8.99 Å². The lowest BCUT2D eigenvalue weighted by atomic mass is 10.2. The van der Waals surface area contributed by atoms with Gasteiger partial charge in [0.05, 0.1) is 24.2 Å². The van der Waals surface area contributed by atoms with Crippen LogP contribution in [0.4, 0.5) is 5.69 Å². The molecule has 0 radical (unpaired) electrons. The summed E-state index contributed by atoms with van der Waals surface area (Å²) in [5, 5.41) is 0. The lowest BCUT2D eigenvalue weighted by molar-refractivity contribution is 0.596. The molecule has 0 fully saturated rings. The van der Waals surface area contributed by atoms with Crippen molar-refractivity contribution in [2.45, 2.75) is 13.5 Å².